The Hall–Kier alpha value is -3.07. The van der Waals surface area contributed by atoms with Crippen LogP contribution < -0.4 is 5.32 Å². The number of amides is 2. The molecule has 1 aromatic carbocycles. The highest BCUT2D eigenvalue weighted by atomic mass is 32.1. The first kappa shape index (κ1) is 21.2. The van der Waals surface area contributed by atoms with Crippen LogP contribution in [-0.4, -0.2) is 39.8 Å². The molecule has 0 unspecified atom stereocenters. The lowest BCUT2D eigenvalue weighted by molar-refractivity contribution is -0.114. The number of carbonyl (C=O) groups is 2. The largest absolute Gasteiger partial charge is 0.445 e. The van der Waals surface area contributed by atoms with Crippen molar-refractivity contribution in [2.75, 3.05) is 18.4 Å². The molecule has 0 saturated carbocycles. The number of carbonyl (C=O) groups excluding carboxylic acids is 2. The van der Waals surface area contributed by atoms with Crippen molar-refractivity contribution >= 4 is 28.3 Å². The lowest BCUT2D eigenvalue weighted by Gasteiger charge is -2.31. The number of piperidine rings is 1. The van der Waals surface area contributed by atoms with Gasteiger partial charge in [0.1, 0.15) is 16.5 Å². The van der Waals surface area contributed by atoms with Crippen LogP contribution >= 0.6 is 11.3 Å². The standard InChI is InChI=1S/C22H23FN4O3S/c1-13-19(31-22(25-13)26-14(2)28)21(29)27-9-3-4-16(12-27)20-24-11-18(30-20)10-15-5-7-17(23)8-6-15/h5-8,11,16H,3-4,9-10,12H2,1-2H3,(H,25,26,28)/t16-/m1/s1. The number of nitrogens with one attached hydrogen (secondary N) is 1. The second kappa shape index (κ2) is 8.97. The molecule has 0 spiro atoms. The predicted molar refractivity (Wildman–Crippen MR) is 115 cm³/mol. The molecule has 1 saturated heterocycles. The average molecular weight is 443 g/mol. The Balaban J connectivity index is 1.43. The molecule has 1 fully saturated rings. The van der Waals surface area contributed by atoms with Crippen molar-refractivity contribution in [2.24, 2.45) is 0 Å². The number of hydrogen-bond acceptors (Lipinski definition) is 6. The molecule has 2 aromatic heterocycles. The van der Waals surface area contributed by atoms with Crippen LogP contribution in [0.1, 0.15) is 58.3 Å². The van der Waals surface area contributed by atoms with E-state index in [2.05, 4.69) is 15.3 Å². The van der Waals surface area contributed by atoms with Crippen molar-refractivity contribution in [3.8, 4) is 0 Å². The monoisotopic (exact) mass is 442 g/mol. The van der Waals surface area contributed by atoms with Crippen molar-refractivity contribution in [3.05, 3.63) is 64.1 Å². The second-order valence-corrected chi connectivity index (χ2v) is 8.67. The Morgan fingerprint density at radius 2 is 2.10 bits per heavy atom. The van der Waals surface area contributed by atoms with E-state index in [0.717, 1.165) is 18.4 Å². The van der Waals surface area contributed by atoms with Gasteiger partial charge in [-0.25, -0.2) is 14.4 Å². The summed E-state index contributed by atoms with van der Waals surface area (Å²) in [6, 6.07) is 6.31. The van der Waals surface area contributed by atoms with Crippen LogP contribution in [0.25, 0.3) is 0 Å². The minimum Gasteiger partial charge on any atom is -0.445 e. The Morgan fingerprint density at radius 1 is 1.32 bits per heavy atom. The first-order chi connectivity index (χ1) is 14.9. The van der Waals surface area contributed by atoms with Crippen molar-refractivity contribution < 1.29 is 18.4 Å². The van der Waals surface area contributed by atoms with Gasteiger partial charge in [-0.15, -0.1) is 0 Å². The van der Waals surface area contributed by atoms with E-state index in [1.807, 2.05) is 0 Å². The topological polar surface area (TPSA) is 88.3 Å². The highest BCUT2D eigenvalue weighted by Crippen LogP contribution is 2.30. The van der Waals surface area contributed by atoms with Crippen molar-refractivity contribution in [2.45, 2.75) is 39.0 Å². The zero-order valence-corrected chi connectivity index (χ0v) is 18.2. The Labute approximate surface area is 183 Å². The molecule has 0 aliphatic carbocycles. The third-order valence-electron chi connectivity index (χ3n) is 5.19. The summed E-state index contributed by atoms with van der Waals surface area (Å²) in [6.45, 7) is 4.36. The van der Waals surface area contributed by atoms with E-state index < -0.39 is 0 Å². The van der Waals surface area contributed by atoms with Crippen LogP contribution in [0, 0.1) is 12.7 Å². The fourth-order valence-electron chi connectivity index (χ4n) is 3.70. The molecule has 9 heteroatoms. The van der Waals surface area contributed by atoms with Gasteiger partial charge >= 0.3 is 0 Å². The maximum absolute atomic E-state index is 13.1. The molecule has 1 atom stereocenters. The summed E-state index contributed by atoms with van der Waals surface area (Å²) in [4.78, 5) is 35.4. The summed E-state index contributed by atoms with van der Waals surface area (Å²) in [7, 11) is 0. The SMILES string of the molecule is CC(=O)Nc1nc(C)c(C(=O)N2CCC[C@@H](c3ncc(Cc4ccc(F)cc4)o3)C2)s1. The molecule has 0 bridgehead atoms. The Kier molecular flexibility index (Phi) is 6.13. The van der Waals surface area contributed by atoms with Crippen molar-refractivity contribution in [1.29, 1.82) is 0 Å². The van der Waals surface area contributed by atoms with Gasteiger partial charge in [0.05, 0.1) is 17.8 Å². The highest BCUT2D eigenvalue weighted by molar-refractivity contribution is 7.17. The number of likely N-dealkylation sites (tertiary alicyclic amines) is 1. The van der Waals surface area contributed by atoms with Crippen molar-refractivity contribution in [3.63, 3.8) is 0 Å². The van der Waals surface area contributed by atoms with Gasteiger partial charge in [0.25, 0.3) is 5.91 Å². The minimum absolute atomic E-state index is 0.0164. The molecule has 0 radical (unpaired) electrons. The number of thiazole rings is 1. The Morgan fingerprint density at radius 3 is 2.84 bits per heavy atom. The average Bonchev–Trinajstić information content (AvgIpc) is 3.35. The fourth-order valence-corrected chi connectivity index (χ4v) is 4.68. The zero-order chi connectivity index (χ0) is 22.0. The zero-order valence-electron chi connectivity index (χ0n) is 17.4. The number of hydrogen-bond donors (Lipinski definition) is 1. The molecule has 2 amide bonds. The summed E-state index contributed by atoms with van der Waals surface area (Å²) >= 11 is 1.19. The summed E-state index contributed by atoms with van der Waals surface area (Å²) in [5.74, 6) is 0.774. The molecule has 1 aliphatic heterocycles. The predicted octanol–water partition coefficient (Wildman–Crippen LogP) is 4.15. The lowest BCUT2D eigenvalue weighted by Crippen LogP contribution is -2.39. The molecule has 31 heavy (non-hydrogen) atoms. The van der Waals surface area contributed by atoms with Gasteiger partial charge in [0.2, 0.25) is 5.91 Å². The van der Waals surface area contributed by atoms with Gasteiger partial charge in [-0.2, -0.15) is 0 Å². The van der Waals surface area contributed by atoms with E-state index in [1.54, 1.807) is 30.2 Å². The number of benzene rings is 1. The maximum Gasteiger partial charge on any atom is 0.265 e. The van der Waals surface area contributed by atoms with Gasteiger partial charge in [0, 0.05) is 26.4 Å². The first-order valence-corrected chi connectivity index (χ1v) is 10.9. The quantitative estimate of drug-likeness (QED) is 0.641. The molecular weight excluding hydrogens is 419 g/mol. The van der Waals surface area contributed by atoms with Crippen molar-refractivity contribution in [1.82, 2.24) is 14.9 Å². The minimum atomic E-state index is -0.269. The third-order valence-corrected chi connectivity index (χ3v) is 6.26. The van der Waals surface area contributed by atoms with Crippen LogP contribution in [0.5, 0.6) is 0 Å². The molecule has 4 rings (SSSR count). The third kappa shape index (κ3) is 4.99. The number of oxazole rings is 1. The lowest BCUT2D eigenvalue weighted by atomic mass is 9.98. The van der Waals surface area contributed by atoms with Gasteiger partial charge in [-0.1, -0.05) is 23.5 Å². The fraction of sp³-hybridized carbons (Fsp3) is 0.364. The normalized spacial score (nSPS) is 16.4. The van der Waals surface area contributed by atoms with E-state index in [9.17, 15) is 14.0 Å². The van der Waals surface area contributed by atoms with E-state index in [1.165, 1.54) is 30.4 Å². The molecular formula is C22H23FN4O3S. The van der Waals surface area contributed by atoms with E-state index in [-0.39, 0.29) is 23.5 Å². The number of halogens is 1. The number of nitrogens with zero attached hydrogens (tertiary/aromatic N) is 3. The van der Waals surface area contributed by atoms with E-state index in [0.29, 0.717) is 46.9 Å². The summed E-state index contributed by atoms with van der Waals surface area (Å²) < 4.78 is 19.1. The smallest absolute Gasteiger partial charge is 0.265 e. The first-order valence-electron chi connectivity index (χ1n) is 10.1. The van der Waals surface area contributed by atoms with Crippen LogP contribution in [0.4, 0.5) is 9.52 Å². The van der Waals surface area contributed by atoms with Gasteiger partial charge in [-0.05, 0) is 37.5 Å². The van der Waals surface area contributed by atoms with E-state index >= 15 is 0 Å². The van der Waals surface area contributed by atoms with E-state index in [4.69, 9.17) is 4.42 Å². The van der Waals surface area contributed by atoms with Gasteiger partial charge in [0.15, 0.2) is 11.0 Å². The summed E-state index contributed by atoms with van der Waals surface area (Å²) in [5, 5.41) is 3.07. The number of aryl methyl sites for hydroxylation is 1. The molecule has 1 aliphatic rings. The molecule has 3 aromatic rings. The molecule has 162 valence electrons. The molecule has 3 heterocycles. The summed E-state index contributed by atoms with van der Waals surface area (Å²) in [6.07, 6.45) is 3.97. The van der Waals surface area contributed by atoms with Crippen LogP contribution in [0.2, 0.25) is 0 Å². The number of aromatic nitrogens is 2. The number of rotatable bonds is 5. The molecule has 1 N–H and O–H groups in total. The Bertz CT molecular complexity index is 1090. The van der Waals surface area contributed by atoms with Crippen LogP contribution in [-0.2, 0) is 11.2 Å². The van der Waals surface area contributed by atoms with Crippen LogP contribution in [0.3, 0.4) is 0 Å². The molecule has 7 nitrogen and oxygen atoms in total. The van der Waals surface area contributed by atoms with Crippen LogP contribution in [0.15, 0.2) is 34.9 Å². The van der Waals surface area contributed by atoms with Gasteiger partial charge < -0.3 is 14.6 Å². The highest BCUT2D eigenvalue weighted by Gasteiger charge is 2.30. The van der Waals surface area contributed by atoms with Gasteiger partial charge in [-0.3, -0.25) is 9.59 Å². The second-order valence-electron chi connectivity index (χ2n) is 7.67. The maximum atomic E-state index is 13.1. The summed E-state index contributed by atoms with van der Waals surface area (Å²) in [5.41, 5.74) is 1.55. The number of anilines is 1.